The second-order valence-corrected chi connectivity index (χ2v) is 1.21. The van der Waals surface area contributed by atoms with Crippen molar-refractivity contribution in [3.63, 3.8) is 0 Å². The second kappa shape index (κ2) is 5.25. The Kier molecular flexibility index (Phi) is 10.0. The number of aliphatic hydroxyl groups is 1. The molecule has 0 aliphatic heterocycles. The minimum atomic E-state index is -0.694. The number of hydrogen-bond acceptors (Lipinski definition) is 1. The molecule has 1 atom stereocenters. The molecule has 0 saturated heterocycles. The average molecular weight is 105 g/mol. The van der Waals surface area contributed by atoms with Crippen molar-refractivity contribution in [3.8, 4) is 0 Å². The first-order valence-electron chi connectivity index (χ1n) is 1.05. The topological polar surface area (TPSA) is 20.2 Å². The molecular formula is C2H6ClNaO. The summed E-state index contributed by atoms with van der Waals surface area (Å²) in [6, 6.07) is 0. The number of rotatable bonds is 0. The summed E-state index contributed by atoms with van der Waals surface area (Å²) in [6.45, 7) is 1.49. The van der Waals surface area contributed by atoms with Crippen LogP contribution in [0, 0.1) is 0 Å². The molecule has 0 aromatic heterocycles. The Balaban J connectivity index is -0.0000000450. The minimum Gasteiger partial charge on any atom is -1.00 e. The summed E-state index contributed by atoms with van der Waals surface area (Å²) in [6.07, 6.45) is 0. The van der Waals surface area contributed by atoms with Gasteiger partial charge in [-0.3, -0.25) is 0 Å². The van der Waals surface area contributed by atoms with Gasteiger partial charge in [0.2, 0.25) is 0 Å². The molecular weight excluding hydrogens is 98.5 g/mol. The average Bonchev–Trinajstić information content (AvgIpc) is 0.811. The van der Waals surface area contributed by atoms with Crippen LogP contribution in [0.5, 0.6) is 0 Å². The molecule has 0 aliphatic rings. The van der Waals surface area contributed by atoms with Gasteiger partial charge in [-0.2, -0.15) is 0 Å². The van der Waals surface area contributed by atoms with E-state index < -0.39 is 5.56 Å². The summed E-state index contributed by atoms with van der Waals surface area (Å²) in [7, 11) is 0. The number of halogens is 1. The molecule has 0 bridgehead atoms. The van der Waals surface area contributed by atoms with Gasteiger partial charge in [-0.1, -0.05) is 11.6 Å². The van der Waals surface area contributed by atoms with Crippen molar-refractivity contribution in [2.24, 2.45) is 0 Å². The van der Waals surface area contributed by atoms with Crippen molar-refractivity contribution in [2.45, 2.75) is 12.5 Å². The molecule has 0 radical (unpaired) electrons. The third kappa shape index (κ3) is 35.5. The standard InChI is InChI=1S/C2H5ClO.Na.H/c1-2(3)4;;/h2,4H,1H3;;/q;+1;-1. The molecule has 5 heavy (non-hydrogen) atoms. The van der Waals surface area contributed by atoms with E-state index in [0.29, 0.717) is 0 Å². The first-order chi connectivity index (χ1) is 1.73. The first kappa shape index (κ1) is 9.54. The van der Waals surface area contributed by atoms with E-state index in [-0.39, 0.29) is 31.0 Å². The fourth-order valence-corrected chi connectivity index (χ4v) is 0. The van der Waals surface area contributed by atoms with Gasteiger partial charge in [-0.25, -0.2) is 0 Å². The maximum atomic E-state index is 7.82. The summed E-state index contributed by atoms with van der Waals surface area (Å²) in [5.41, 5.74) is -0.694. The van der Waals surface area contributed by atoms with Crippen LogP contribution in [0.4, 0.5) is 0 Å². The maximum absolute atomic E-state index is 7.82. The zero-order valence-corrected chi connectivity index (χ0v) is 6.16. The molecule has 0 aromatic carbocycles. The molecule has 0 aliphatic carbocycles. The van der Waals surface area contributed by atoms with Crippen LogP contribution in [0.2, 0.25) is 0 Å². The van der Waals surface area contributed by atoms with E-state index in [0.717, 1.165) is 0 Å². The number of hydrogen-bond donors (Lipinski definition) is 1. The molecule has 3 heteroatoms. The molecule has 1 nitrogen and oxygen atoms in total. The summed E-state index contributed by atoms with van der Waals surface area (Å²) in [4.78, 5) is 0. The van der Waals surface area contributed by atoms with Crippen LogP contribution in [0.15, 0.2) is 0 Å². The van der Waals surface area contributed by atoms with Gasteiger partial charge in [0.05, 0.1) is 0 Å². The van der Waals surface area contributed by atoms with Crippen molar-refractivity contribution < 1.29 is 36.1 Å². The van der Waals surface area contributed by atoms with E-state index in [1.54, 1.807) is 0 Å². The SMILES string of the molecule is CC(O)Cl.[H-].[Na+]. The minimum absolute atomic E-state index is 0. The van der Waals surface area contributed by atoms with Crippen LogP contribution >= 0.6 is 11.6 Å². The molecule has 0 fully saturated rings. The third-order valence-electron chi connectivity index (χ3n) is 0. The maximum Gasteiger partial charge on any atom is 1.00 e. The van der Waals surface area contributed by atoms with Gasteiger partial charge in [0, 0.05) is 0 Å². The summed E-state index contributed by atoms with van der Waals surface area (Å²) >= 11 is 4.83. The summed E-state index contributed by atoms with van der Waals surface area (Å²) < 4.78 is 0. The predicted octanol–water partition coefficient (Wildman–Crippen LogP) is -2.32. The van der Waals surface area contributed by atoms with Crippen molar-refractivity contribution in [2.75, 3.05) is 0 Å². The van der Waals surface area contributed by atoms with Crippen molar-refractivity contribution in [1.29, 1.82) is 0 Å². The van der Waals surface area contributed by atoms with Gasteiger partial charge < -0.3 is 6.53 Å². The van der Waals surface area contributed by atoms with Crippen molar-refractivity contribution in [1.82, 2.24) is 0 Å². The van der Waals surface area contributed by atoms with E-state index in [1.807, 2.05) is 0 Å². The van der Waals surface area contributed by atoms with Crippen LogP contribution in [-0.2, 0) is 0 Å². The molecule has 28 valence electrons. The summed E-state index contributed by atoms with van der Waals surface area (Å²) in [5, 5.41) is 7.82. The van der Waals surface area contributed by atoms with E-state index in [4.69, 9.17) is 16.7 Å². The fraction of sp³-hybridized carbons (Fsp3) is 1.00. The zero-order valence-electron chi connectivity index (χ0n) is 4.40. The smallest absolute Gasteiger partial charge is 1.00 e. The van der Waals surface area contributed by atoms with Crippen molar-refractivity contribution >= 4 is 11.6 Å². The molecule has 1 unspecified atom stereocenters. The van der Waals surface area contributed by atoms with Gasteiger partial charge in [0.1, 0.15) is 5.56 Å². The monoisotopic (exact) mass is 104 g/mol. The largest absolute Gasteiger partial charge is 1.00 e. The number of aliphatic hydroxyl groups excluding tert-OH is 1. The Labute approximate surface area is 60.1 Å². The molecule has 0 rings (SSSR count). The van der Waals surface area contributed by atoms with Gasteiger partial charge in [0.25, 0.3) is 0 Å². The predicted molar refractivity (Wildman–Crippen MR) is 18.6 cm³/mol. The van der Waals surface area contributed by atoms with E-state index in [2.05, 4.69) is 0 Å². The number of alkyl halides is 1. The zero-order chi connectivity index (χ0) is 3.58. The Bertz CT molecular complexity index is 18.3. The van der Waals surface area contributed by atoms with E-state index in [1.165, 1.54) is 6.92 Å². The fourth-order valence-electron chi connectivity index (χ4n) is 0. The Hall–Kier alpha value is 1.25. The second-order valence-electron chi connectivity index (χ2n) is 0.574. The quantitative estimate of drug-likeness (QED) is 0.270. The van der Waals surface area contributed by atoms with Crippen LogP contribution in [0.1, 0.15) is 8.35 Å². The molecule has 0 amide bonds. The Morgan fingerprint density at radius 2 is 2.00 bits per heavy atom. The molecule has 0 saturated carbocycles. The molecule has 0 aromatic rings. The van der Waals surface area contributed by atoms with Crippen LogP contribution in [0.3, 0.4) is 0 Å². The van der Waals surface area contributed by atoms with Gasteiger partial charge in [-0.15, -0.1) is 0 Å². The van der Waals surface area contributed by atoms with Crippen LogP contribution < -0.4 is 29.6 Å². The van der Waals surface area contributed by atoms with Crippen LogP contribution in [0.25, 0.3) is 0 Å². The Morgan fingerprint density at radius 1 is 2.00 bits per heavy atom. The molecule has 0 spiro atoms. The first-order valence-corrected chi connectivity index (χ1v) is 1.49. The third-order valence-corrected chi connectivity index (χ3v) is 0. The molecule has 1 N–H and O–H groups in total. The summed E-state index contributed by atoms with van der Waals surface area (Å²) in [5.74, 6) is 0. The van der Waals surface area contributed by atoms with Gasteiger partial charge >= 0.3 is 29.6 Å². The van der Waals surface area contributed by atoms with Crippen LogP contribution in [-0.4, -0.2) is 10.7 Å². The normalized spacial score (nSPS) is 12.6. The van der Waals surface area contributed by atoms with Gasteiger partial charge in [0.15, 0.2) is 0 Å². The van der Waals surface area contributed by atoms with E-state index >= 15 is 0 Å². The van der Waals surface area contributed by atoms with Crippen molar-refractivity contribution in [3.05, 3.63) is 0 Å². The van der Waals surface area contributed by atoms with Gasteiger partial charge in [-0.05, 0) is 6.92 Å². The Morgan fingerprint density at radius 3 is 2.00 bits per heavy atom. The molecule has 0 heterocycles. The van der Waals surface area contributed by atoms with E-state index in [9.17, 15) is 0 Å².